The van der Waals surface area contributed by atoms with E-state index in [1.54, 1.807) is 18.2 Å². The molecule has 0 unspecified atom stereocenters. The predicted molar refractivity (Wildman–Crippen MR) is 77.7 cm³/mol. The molecule has 0 heterocycles. The van der Waals surface area contributed by atoms with Gasteiger partial charge in [0, 0.05) is 4.47 Å². The van der Waals surface area contributed by atoms with E-state index in [0.29, 0.717) is 16.9 Å². The van der Waals surface area contributed by atoms with Gasteiger partial charge in [0.05, 0.1) is 16.9 Å². The second kappa shape index (κ2) is 5.23. The van der Waals surface area contributed by atoms with Crippen molar-refractivity contribution in [1.82, 2.24) is 0 Å². The zero-order chi connectivity index (χ0) is 13.1. The van der Waals surface area contributed by atoms with Crippen LogP contribution in [-0.2, 0) is 0 Å². The highest BCUT2D eigenvalue weighted by Gasteiger charge is 2.12. The summed E-state index contributed by atoms with van der Waals surface area (Å²) >= 11 is 3.42. The molecule has 92 valence electrons. The lowest BCUT2D eigenvalue weighted by Gasteiger charge is -2.10. The zero-order valence-electron chi connectivity index (χ0n) is 9.91. The topological polar surface area (TPSA) is 55.1 Å². The molecule has 0 spiro atoms. The lowest BCUT2D eigenvalue weighted by atomic mass is 10.1. The second-order valence-electron chi connectivity index (χ2n) is 3.98. The molecule has 0 saturated carbocycles. The number of hydrogen-bond donors (Lipinski definition) is 2. The first-order valence-electron chi connectivity index (χ1n) is 5.50. The number of halogens is 1. The maximum atomic E-state index is 12.1. The molecule has 0 aliphatic rings. The van der Waals surface area contributed by atoms with Crippen molar-refractivity contribution in [1.29, 1.82) is 0 Å². The molecule has 2 aromatic carbocycles. The van der Waals surface area contributed by atoms with E-state index in [4.69, 9.17) is 5.73 Å². The number of rotatable bonds is 2. The van der Waals surface area contributed by atoms with Crippen LogP contribution in [0, 0.1) is 6.92 Å². The van der Waals surface area contributed by atoms with Gasteiger partial charge in [0.1, 0.15) is 0 Å². The first-order valence-corrected chi connectivity index (χ1v) is 6.30. The number of nitrogen functional groups attached to an aromatic ring is 1. The van der Waals surface area contributed by atoms with Gasteiger partial charge in [-0.15, -0.1) is 0 Å². The van der Waals surface area contributed by atoms with E-state index in [2.05, 4.69) is 21.2 Å². The predicted octanol–water partition coefficient (Wildman–Crippen LogP) is 3.59. The minimum absolute atomic E-state index is 0.177. The van der Waals surface area contributed by atoms with Gasteiger partial charge in [0.25, 0.3) is 5.91 Å². The Hall–Kier alpha value is -1.81. The summed E-state index contributed by atoms with van der Waals surface area (Å²) in [6.45, 7) is 1.94. The normalized spacial score (nSPS) is 10.1. The molecule has 0 saturated heterocycles. The van der Waals surface area contributed by atoms with Gasteiger partial charge in [-0.2, -0.15) is 0 Å². The van der Waals surface area contributed by atoms with Crippen molar-refractivity contribution in [3.63, 3.8) is 0 Å². The van der Waals surface area contributed by atoms with Crippen molar-refractivity contribution in [2.75, 3.05) is 11.1 Å². The largest absolute Gasteiger partial charge is 0.397 e. The van der Waals surface area contributed by atoms with Crippen LogP contribution < -0.4 is 11.1 Å². The third-order valence-electron chi connectivity index (χ3n) is 2.65. The number of aryl methyl sites for hydroxylation is 1. The first kappa shape index (κ1) is 12.6. The molecular formula is C14H13BrN2O. The van der Waals surface area contributed by atoms with Gasteiger partial charge in [-0.05, 0) is 46.6 Å². The number of nitrogens with two attached hydrogens (primary N) is 1. The van der Waals surface area contributed by atoms with Gasteiger partial charge < -0.3 is 11.1 Å². The highest BCUT2D eigenvalue weighted by Crippen LogP contribution is 2.23. The quantitative estimate of drug-likeness (QED) is 0.833. The van der Waals surface area contributed by atoms with Gasteiger partial charge in [0.15, 0.2) is 0 Å². The summed E-state index contributed by atoms with van der Waals surface area (Å²) < 4.78 is 0.803. The van der Waals surface area contributed by atoms with Gasteiger partial charge in [0.2, 0.25) is 0 Å². The molecule has 3 nitrogen and oxygen atoms in total. The Labute approximate surface area is 114 Å². The Morgan fingerprint density at radius 2 is 1.89 bits per heavy atom. The molecule has 0 bridgehead atoms. The van der Waals surface area contributed by atoms with Crippen LogP contribution in [0.25, 0.3) is 0 Å². The van der Waals surface area contributed by atoms with Gasteiger partial charge in [-0.3, -0.25) is 4.79 Å². The molecule has 0 radical (unpaired) electrons. The highest BCUT2D eigenvalue weighted by atomic mass is 79.9. The Bertz CT molecular complexity index is 596. The second-order valence-corrected chi connectivity index (χ2v) is 4.77. The fourth-order valence-electron chi connectivity index (χ4n) is 1.62. The van der Waals surface area contributed by atoms with Crippen molar-refractivity contribution in [3.05, 3.63) is 58.1 Å². The third-order valence-corrected chi connectivity index (χ3v) is 3.70. The van der Waals surface area contributed by atoms with Crippen molar-refractivity contribution in [3.8, 4) is 0 Å². The average Bonchev–Trinajstić information content (AvgIpc) is 2.35. The number of carbonyl (C=O) groups is 1. The van der Waals surface area contributed by atoms with E-state index >= 15 is 0 Å². The molecule has 2 rings (SSSR count). The molecule has 3 N–H and O–H groups in total. The van der Waals surface area contributed by atoms with Crippen LogP contribution >= 0.6 is 15.9 Å². The van der Waals surface area contributed by atoms with Crippen LogP contribution in [0.15, 0.2) is 46.9 Å². The highest BCUT2D eigenvalue weighted by molar-refractivity contribution is 9.10. The van der Waals surface area contributed by atoms with Gasteiger partial charge in [-0.1, -0.05) is 24.3 Å². The minimum atomic E-state index is -0.177. The molecule has 4 heteroatoms. The van der Waals surface area contributed by atoms with Crippen LogP contribution in [0.5, 0.6) is 0 Å². The molecule has 0 fully saturated rings. The maximum absolute atomic E-state index is 12.1. The van der Waals surface area contributed by atoms with E-state index in [1.807, 2.05) is 31.2 Å². The third kappa shape index (κ3) is 2.54. The number of hydrogen-bond acceptors (Lipinski definition) is 2. The Morgan fingerprint density at radius 1 is 1.17 bits per heavy atom. The SMILES string of the molecule is Cc1cccc(C(=O)Nc2ccccc2N)c1Br. The zero-order valence-corrected chi connectivity index (χ0v) is 11.5. The molecule has 0 aliphatic carbocycles. The van der Waals surface area contributed by atoms with Crippen LogP contribution in [0.3, 0.4) is 0 Å². The van der Waals surface area contributed by atoms with Crippen LogP contribution in [-0.4, -0.2) is 5.91 Å². The van der Waals surface area contributed by atoms with Crippen LogP contribution in [0.1, 0.15) is 15.9 Å². The molecular weight excluding hydrogens is 292 g/mol. The number of amides is 1. The fourth-order valence-corrected chi connectivity index (χ4v) is 2.07. The van der Waals surface area contributed by atoms with Crippen molar-refractivity contribution in [2.45, 2.75) is 6.92 Å². The van der Waals surface area contributed by atoms with E-state index in [9.17, 15) is 4.79 Å². The summed E-state index contributed by atoms with van der Waals surface area (Å²) in [5.41, 5.74) is 8.57. The molecule has 0 aliphatic heterocycles. The summed E-state index contributed by atoms with van der Waals surface area (Å²) in [5.74, 6) is -0.177. The Morgan fingerprint density at radius 3 is 2.61 bits per heavy atom. The lowest BCUT2D eigenvalue weighted by molar-refractivity contribution is 0.102. The van der Waals surface area contributed by atoms with Gasteiger partial charge in [-0.25, -0.2) is 0 Å². The summed E-state index contributed by atoms with van der Waals surface area (Å²) in [7, 11) is 0. The minimum Gasteiger partial charge on any atom is -0.397 e. The first-order chi connectivity index (χ1) is 8.59. The molecule has 18 heavy (non-hydrogen) atoms. The summed E-state index contributed by atoms with van der Waals surface area (Å²) in [4.78, 5) is 12.1. The van der Waals surface area contributed by atoms with Crippen molar-refractivity contribution >= 4 is 33.2 Å². The van der Waals surface area contributed by atoms with Crippen LogP contribution in [0.2, 0.25) is 0 Å². The molecule has 1 amide bonds. The molecule has 0 aromatic heterocycles. The van der Waals surface area contributed by atoms with E-state index in [-0.39, 0.29) is 5.91 Å². The summed E-state index contributed by atoms with van der Waals surface area (Å²) in [6, 6.07) is 12.7. The fraction of sp³-hybridized carbons (Fsp3) is 0.0714. The Balaban J connectivity index is 2.28. The smallest absolute Gasteiger partial charge is 0.256 e. The number of carbonyl (C=O) groups excluding carboxylic acids is 1. The van der Waals surface area contributed by atoms with Crippen molar-refractivity contribution < 1.29 is 4.79 Å². The number of anilines is 2. The van der Waals surface area contributed by atoms with E-state index in [0.717, 1.165) is 10.0 Å². The summed E-state index contributed by atoms with van der Waals surface area (Å²) in [5, 5.41) is 2.80. The van der Waals surface area contributed by atoms with E-state index in [1.165, 1.54) is 0 Å². The monoisotopic (exact) mass is 304 g/mol. The standard InChI is InChI=1S/C14H13BrN2O/c1-9-5-4-6-10(13(9)15)14(18)17-12-8-3-2-7-11(12)16/h2-8H,16H2,1H3,(H,17,18). The van der Waals surface area contributed by atoms with E-state index < -0.39 is 0 Å². The number of benzene rings is 2. The Kier molecular flexibility index (Phi) is 3.67. The average molecular weight is 305 g/mol. The van der Waals surface area contributed by atoms with Crippen LogP contribution in [0.4, 0.5) is 11.4 Å². The number of para-hydroxylation sites is 2. The molecule has 0 atom stereocenters. The molecule has 2 aromatic rings. The van der Waals surface area contributed by atoms with Crippen molar-refractivity contribution in [2.24, 2.45) is 0 Å². The number of nitrogens with one attached hydrogen (secondary N) is 1. The summed E-state index contributed by atoms with van der Waals surface area (Å²) in [6.07, 6.45) is 0. The van der Waals surface area contributed by atoms with Gasteiger partial charge >= 0.3 is 0 Å². The maximum Gasteiger partial charge on any atom is 0.256 e. The lowest BCUT2D eigenvalue weighted by Crippen LogP contribution is -2.14.